The van der Waals surface area contributed by atoms with Crippen molar-refractivity contribution in [2.24, 2.45) is 0 Å². The van der Waals surface area contributed by atoms with Gasteiger partial charge < -0.3 is 4.57 Å². The van der Waals surface area contributed by atoms with Crippen molar-refractivity contribution in [3.05, 3.63) is 115 Å². The van der Waals surface area contributed by atoms with Gasteiger partial charge in [-0.05, 0) is 41.5 Å². The highest BCUT2D eigenvalue weighted by Gasteiger charge is 2.18. The molecule has 0 N–H and O–H groups in total. The SMILES string of the molecule is c1ccc(-c2ccc3c(c2)c2ccc4c5ccccc5sc4c2n3-c2ccccc2)cc1. The highest BCUT2D eigenvalue weighted by atomic mass is 32.1. The zero-order valence-electron chi connectivity index (χ0n) is 17.3. The largest absolute Gasteiger partial charge is 0.308 e. The first-order valence-electron chi connectivity index (χ1n) is 10.9. The van der Waals surface area contributed by atoms with Crippen LogP contribution in [0.15, 0.2) is 115 Å². The lowest BCUT2D eigenvalue weighted by atomic mass is 10.0. The highest BCUT2D eigenvalue weighted by Crippen LogP contribution is 2.43. The van der Waals surface area contributed by atoms with Gasteiger partial charge in [-0.3, -0.25) is 0 Å². The Labute approximate surface area is 189 Å². The second-order valence-electron chi connectivity index (χ2n) is 8.21. The van der Waals surface area contributed by atoms with Gasteiger partial charge in [-0.25, -0.2) is 0 Å². The van der Waals surface area contributed by atoms with Gasteiger partial charge in [0.2, 0.25) is 0 Å². The molecule has 7 aromatic rings. The Balaban J connectivity index is 1.67. The summed E-state index contributed by atoms with van der Waals surface area (Å²) >= 11 is 1.89. The summed E-state index contributed by atoms with van der Waals surface area (Å²) in [6, 6.07) is 41.6. The van der Waals surface area contributed by atoms with Crippen molar-refractivity contribution < 1.29 is 0 Å². The third kappa shape index (κ3) is 2.50. The summed E-state index contributed by atoms with van der Waals surface area (Å²) in [6.07, 6.45) is 0. The number of rotatable bonds is 2. The molecule has 0 aliphatic carbocycles. The average Bonchev–Trinajstić information content (AvgIpc) is 3.40. The second kappa shape index (κ2) is 6.81. The van der Waals surface area contributed by atoms with Crippen LogP contribution in [0.5, 0.6) is 0 Å². The normalized spacial score (nSPS) is 11.8. The first-order valence-corrected chi connectivity index (χ1v) is 11.7. The predicted octanol–water partition coefficient (Wildman–Crippen LogP) is 8.82. The van der Waals surface area contributed by atoms with E-state index in [1.165, 1.54) is 58.8 Å². The van der Waals surface area contributed by atoms with E-state index >= 15 is 0 Å². The van der Waals surface area contributed by atoms with E-state index in [0.29, 0.717) is 0 Å². The van der Waals surface area contributed by atoms with Crippen molar-refractivity contribution in [2.45, 2.75) is 0 Å². The lowest BCUT2D eigenvalue weighted by Crippen LogP contribution is -1.93. The van der Waals surface area contributed by atoms with Crippen molar-refractivity contribution in [3.8, 4) is 16.8 Å². The van der Waals surface area contributed by atoms with Crippen LogP contribution in [0, 0.1) is 0 Å². The number of fused-ring (bicyclic) bond motifs is 7. The Bertz CT molecular complexity index is 1760. The maximum absolute atomic E-state index is 2.44. The predicted molar refractivity (Wildman–Crippen MR) is 139 cm³/mol. The van der Waals surface area contributed by atoms with Gasteiger partial charge in [0.05, 0.1) is 15.7 Å². The molecule has 0 bridgehead atoms. The van der Waals surface area contributed by atoms with Crippen molar-refractivity contribution in [2.75, 3.05) is 0 Å². The summed E-state index contributed by atoms with van der Waals surface area (Å²) in [5.74, 6) is 0. The van der Waals surface area contributed by atoms with Crippen molar-refractivity contribution in [1.29, 1.82) is 0 Å². The first kappa shape index (κ1) is 17.8. The van der Waals surface area contributed by atoms with Crippen LogP contribution < -0.4 is 0 Å². The molecule has 5 aromatic carbocycles. The van der Waals surface area contributed by atoms with Crippen LogP contribution in [0.1, 0.15) is 0 Å². The van der Waals surface area contributed by atoms with E-state index < -0.39 is 0 Å². The van der Waals surface area contributed by atoms with Crippen LogP contribution in [-0.4, -0.2) is 4.57 Å². The maximum Gasteiger partial charge on any atom is 0.0719 e. The molecule has 0 saturated heterocycles. The Morgan fingerprint density at radius 3 is 2.06 bits per heavy atom. The zero-order valence-corrected chi connectivity index (χ0v) is 18.1. The van der Waals surface area contributed by atoms with E-state index in [1.807, 2.05) is 11.3 Å². The van der Waals surface area contributed by atoms with Crippen molar-refractivity contribution >= 4 is 53.3 Å². The fourth-order valence-electron chi connectivity index (χ4n) is 4.94. The van der Waals surface area contributed by atoms with Crippen LogP contribution in [0.3, 0.4) is 0 Å². The molecule has 0 atom stereocenters. The molecule has 0 amide bonds. The Hall–Kier alpha value is -3.88. The lowest BCUT2D eigenvalue weighted by molar-refractivity contribution is 1.19. The number of para-hydroxylation sites is 1. The molecule has 1 nitrogen and oxygen atoms in total. The molecule has 32 heavy (non-hydrogen) atoms. The molecule has 0 spiro atoms. The van der Waals surface area contributed by atoms with Gasteiger partial charge in [0.1, 0.15) is 0 Å². The number of benzene rings is 5. The molecule has 7 rings (SSSR count). The second-order valence-corrected chi connectivity index (χ2v) is 9.26. The monoisotopic (exact) mass is 425 g/mol. The maximum atomic E-state index is 2.44. The van der Waals surface area contributed by atoms with Crippen LogP contribution in [-0.2, 0) is 0 Å². The lowest BCUT2D eigenvalue weighted by Gasteiger charge is -2.08. The molecule has 2 aromatic heterocycles. The summed E-state index contributed by atoms with van der Waals surface area (Å²) < 4.78 is 5.13. The minimum absolute atomic E-state index is 1.20. The molecule has 0 fully saturated rings. The van der Waals surface area contributed by atoms with Crippen molar-refractivity contribution in [1.82, 2.24) is 4.57 Å². The molecule has 0 saturated carbocycles. The van der Waals surface area contributed by atoms with Crippen LogP contribution in [0.4, 0.5) is 0 Å². The van der Waals surface area contributed by atoms with Gasteiger partial charge in [0, 0.05) is 31.9 Å². The third-order valence-electron chi connectivity index (χ3n) is 6.39. The summed E-state index contributed by atoms with van der Waals surface area (Å²) in [6.45, 7) is 0. The molecule has 0 aliphatic rings. The number of thiophene rings is 1. The fourth-order valence-corrected chi connectivity index (χ4v) is 6.18. The third-order valence-corrected chi connectivity index (χ3v) is 7.59. The summed E-state index contributed by atoms with van der Waals surface area (Å²) in [4.78, 5) is 0. The van der Waals surface area contributed by atoms with Gasteiger partial charge in [-0.2, -0.15) is 0 Å². The zero-order chi connectivity index (χ0) is 21.1. The van der Waals surface area contributed by atoms with Gasteiger partial charge >= 0.3 is 0 Å². The molecule has 0 radical (unpaired) electrons. The van der Waals surface area contributed by atoms with Crippen LogP contribution in [0.2, 0.25) is 0 Å². The minimum atomic E-state index is 1.20. The van der Waals surface area contributed by atoms with E-state index in [9.17, 15) is 0 Å². The molecule has 2 heteroatoms. The summed E-state index contributed by atoms with van der Waals surface area (Å²) in [5.41, 5.74) is 6.25. The molecular weight excluding hydrogens is 406 g/mol. The first-order chi connectivity index (χ1) is 15.9. The number of nitrogens with zero attached hydrogens (tertiary/aromatic N) is 1. The number of hydrogen-bond acceptors (Lipinski definition) is 1. The van der Waals surface area contributed by atoms with Crippen LogP contribution >= 0.6 is 11.3 Å². The summed E-state index contributed by atoms with van der Waals surface area (Å²) in [7, 11) is 0. The van der Waals surface area contributed by atoms with E-state index in [2.05, 4.69) is 120 Å². The Kier molecular flexibility index (Phi) is 3.78. The minimum Gasteiger partial charge on any atom is -0.308 e. The number of hydrogen-bond donors (Lipinski definition) is 0. The van der Waals surface area contributed by atoms with Gasteiger partial charge in [0.25, 0.3) is 0 Å². The Morgan fingerprint density at radius 2 is 1.22 bits per heavy atom. The average molecular weight is 426 g/mol. The molecule has 150 valence electrons. The molecular formula is C30H19NS. The topological polar surface area (TPSA) is 4.93 Å². The Morgan fingerprint density at radius 1 is 0.500 bits per heavy atom. The van der Waals surface area contributed by atoms with Crippen molar-refractivity contribution in [3.63, 3.8) is 0 Å². The van der Waals surface area contributed by atoms with Gasteiger partial charge in [-0.1, -0.05) is 84.9 Å². The summed E-state index contributed by atoms with van der Waals surface area (Å²) in [5, 5.41) is 5.27. The highest BCUT2D eigenvalue weighted by molar-refractivity contribution is 7.26. The van der Waals surface area contributed by atoms with Crippen LogP contribution in [0.25, 0.3) is 58.8 Å². The van der Waals surface area contributed by atoms with E-state index in [-0.39, 0.29) is 0 Å². The van der Waals surface area contributed by atoms with E-state index in [0.717, 1.165) is 0 Å². The van der Waals surface area contributed by atoms with Gasteiger partial charge in [0.15, 0.2) is 0 Å². The van der Waals surface area contributed by atoms with Gasteiger partial charge in [-0.15, -0.1) is 11.3 Å². The molecule has 2 heterocycles. The number of aromatic nitrogens is 1. The standard InChI is InChI=1S/C30H19NS/c1-3-9-20(10-4-1)21-15-18-27-26(19-21)24-16-17-25-23-13-7-8-14-28(23)32-30(25)29(24)31(27)22-11-5-2-6-12-22/h1-19H. The smallest absolute Gasteiger partial charge is 0.0719 e. The molecule has 0 aliphatic heterocycles. The van der Waals surface area contributed by atoms with E-state index in [4.69, 9.17) is 0 Å². The van der Waals surface area contributed by atoms with E-state index in [1.54, 1.807) is 0 Å². The quantitative estimate of drug-likeness (QED) is 0.261. The molecule has 0 unspecified atom stereocenters. The fraction of sp³-hybridized carbons (Fsp3) is 0.